The second-order valence-corrected chi connectivity index (χ2v) is 11.3. The van der Waals surface area contributed by atoms with Crippen LogP contribution in [0.25, 0.3) is 11.1 Å². The first-order valence-electron chi connectivity index (χ1n) is 11.0. The lowest BCUT2D eigenvalue weighted by atomic mass is 10.0. The average Bonchev–Trinajstić information content (AvgIpc) is 3.28. The molecule has 2 aliphatic carbocycles. The summed E-state index contributed by atoms with van der Waals surface area (Å²) in [4.78, 5) is 11.9. The third-order valence-electron chi connectivity index (χ3n) is 6.78. The number of nitrogens with zero attached hydrogens (tertiary/aromatic N) is 2. The molecule has 0 saturated heterocycles. The summed E-state index contributed by atoms with van der Waals surface area (Å²) in [5.74, 6) is -1.12. The number of benzene rings is 1. The number of aryl methyl sites for hydroxylation is 2. The Balaban J connectivity index is 1.68. The molecular weight excluding hydrogens is 487 g/mol. The van der Waals surface area contributed by atoms with Crippen molar-refractivity contribution in [2.75, 3.05) is 7.11 Å². The van der Waals surface area contributed by atoms with Crippen molar-refractivity contribution < 1.29 is 35.6 Å². The molecule has 3 atom stereocenters. The van der Waals surface area contributed by atoms with Gasteiger partial charge in [-0.25, -0.2) is 8.42 Å². The monoisotopic (exact) mass is 511 g/mol. The first-order chi connectivity index (χ1) is 16.3. The van der Waals surface area contributed by atoms with E-state index in [1.807, 2.05) is 6.07 Å². The fourth-order valence-corrected chi connectivity index (χ4v) is 6.69. The Morgan fingerprint density at radius 3 is 2.49 bits per heavy atom. The van der Waals surface area contributed by atoms with Gasteiger partial charge in [0.25, 0.3) is 0 Å². The van der Waals surface area contributed by atoms with E-state index >= 15 is 0 Å². The maximum absolute atomic E-state index is 14.0. The number of sulfone groups is 1. The molecule has 0 bridgehead atoms. The van der Waals surface area contributed by atoms with Gasteiger partial charge in [-0.05, 0) is 57.2 Å². The zero-order chi connectivity index (χ0) is 25.8. The van der Waals surface area contributed by atoms with Crippen molar-refractivity contribution in [3.05, 3.63) is 35.2 Å². The van der Waals surface area contributed by atoms with E-state index in [9.17, 15) is 31.6 Å². The number of amides is 1. The summed E-state index contributed by atoms with van der Waals surface area (Å²) < 4.78 is 79.4. The smallest absolute Gasteiger partial charge is 0.381 e. The van der Waals surface area contributed by atoms with Crippen molar-refractivity contribution >= 4 is 15.7 Å². The lowest BCUT2D eigenvalue weighted by Crippen LogP contribution is -2.42. The average molecular weight is 512 g/mol. The van der Waals surface area contributed by atoms with Crippen LogP contribution in [-0.2, 0) is 25.5 Å². The minimum absolute atomic E-state index is 0.136. The first-order valence-corrected chi connectivity index (χ1v) is 12.5. The number of alkyl halides is 3. The Morgan fingerprint density at radius 1 is 1.29 bits per heavy atom. The van der Waals surface area contributed by atoms with E-state index in [2.05, 4.69) is 10.5 Å². The lowest BCUT2D eigenvalue weighted by Gasteiger charge is -2.19. The third kappa shape index (κ3) is 4.54. The van der Waals surface area contributed by atoms with Crippen LogP contribution in [0.2, 0.25) is 0 Å². The number of hydrogen-bond acceptors (Lipinski definition) is 7. The summed E-state index contributed by atoms with van der Waals surface area (Å²) in [6.45, 7) is 3.14. The Bertz CT molecular complexity index is 1290. The van der Waals surface area contributed by atoms with E-state index in [0.29, 0.717) is 29.9 Å². The molecule has 1 aromatic heterocycles. The first kappa shape index (κ1) is 25.2. The quantitative estimate of drug-likeness (QED) is 0.627. The molecule has 2 aromatic rings. The van der Waals surface area contributed by atoms with Crippen LogP contribution in [0.1, 0.15) is 42.7 Å². The molecule has 4 rings (SSSR count). The van der Waals surface area contributed by atoms with Gasteiger partial charge < -0.3 is 14.6 Å². The normalized spacial score (nSPS) is 23.6. The number of rotatable bonds is 6. The van der Waals surface area contributed by atoms with Gasteiger partial charge in [-0.1, -0.05) is 11.2 Å². The van der Waals surface area contributed by atoms with Gasteiger partial charge in [0.1, 0.15) is 11.3 Å². The van der Waals surface area contributed by atoms with Gasteiger partial charge in [0.15, 0.2) is 9.84 Å². The van der Waals surface area contributed by atoms with Crippen LogP contribution in [0, 0.1) is 31.1 Å². The van der Waals surface area contributed by atoms with Crippen LogP contribution in [0.3, 0.4) is 0 Å². The largest absolute Gasteiger partial charge is 0.417 e. The molecule has 0 radical (unpaired) electrons. The molecule has 2 fully saturated rings. The van der Waals surface area contributed by atoms with Crippen LogP contribution in [0.5, 0.6) is 0 Å². The van der Waals surface area contributed by atoms with Crippen molar-refractivity contribution in [3.63, 3.8) is 0 Å². The zero-order valence-corrected chi connectivity index (χ0v) is 20.1. The number of nitriles is 1. The fourth-order valence-electron chi connectivity index (χ4n) is 4.69. The van der Waals surface area contributed by atoms with Gasteiger partial charge in [-0.2, -0.15) is 18.4 Å². The van der Waals surface area contributed by atoms with Crippen molar-refractivity contribution in [1.29, 1.82) is 5.26 Å². The van der Waals surface area contributed by atoms with Gasteiger partial charge in [0.05, 0.1) is 39.5 Å². The fraction of sp³-hybridized carbons (Fsp3) is 0.522. The van der Waals surface area contributed by atoms with Gasteiger partial charge >= 0.3 is 6.18 Å². The molecule has 188 valence electrons. The van der Waals surface area contributed by atoms with E-state index in [1.165, 1.54) is 13.2 Å². The number of hydrogen-bond donors (Lipinski definition) is 1. The molecule has 12 heteroatoms. The lowest BCUT2D eigenvalue weighted by molar-refractivity contribution is -0.139. The highest BCUT2D eigenvalue weighted by Gasteiger charge is 2.51. The molecule has 2 aliphatic rings. The molecule has 1 amide bonds. The van der Waals surface area contributed by atoms with E-state index < -0.39 is 55.2 Å². The van der Waals surface area contributed by atoms with Gasteiger partial charge in [-0.3, -0.25) is 4.79 Å². The topological polar surface area (TPSA) is 122 Å². The van der Waals surface area contributed by atoms with Crippen LogP contribution < -0.4 is 5.32 Å². The molecule has 0 aliphatic heterocycles. The molecule has 1 N–H and O–H groups in total. The van der Waals surface area contributed by atoms with Gasteiger partial charge in [0, 0.05) is 12.7 Å². The second-order valence-electron chi connectivity index (χ2n) is 9.11. The van der Waals surface area contributed by atoms with Crippen molar-refractivity contribution in [3.8, 4) is 17.2 Å². The number of methoxy groups -OCH3 is 1. The molecular formula is C23H24F3N3O5S. The van der Waals surface area contributed by atoms with Crippen molar-refractivity contribution in [1.82, 2.24) is 10.5 Å². The number of carbonyl (C=O) groups is 1. The van der Waals surface area contributed by atoms with E-state index in [4.69, 9.17) is 9.26 Å². The predicted octanol–water partition coefficient (Wildman–Crippen LogP) is 3.72. The predicted molar refractivity (Wildman–Crippen MR) is 117 cm³/mol. The molecule has 35 heavy (non-hydrogen) atoms. The van der Waals surface area contributed by atoms with Gasteiger partial charge in [-0.15, -0.1) is 0 Å². The maximum Gasteiger partial charge on any atom is 0.417 e. The summed E-state index contributed by atoms with van der Waals surface area (Å²) >= 11 is 0. The molecule has 1 aromatic carbocycles. The number of carbonyl (C=O) groups excluding carboxylic acids is 1. The summed E-state index contributed by atoms with van der Waals surface area (Å²) in [6.07, 6.45) is -5.11. The Kier molecular flexibility index (Phi) is 6.22. The summed E-state index contributed by atoms with van der Waals surface area (Å²) in [7, 11) is -3.17. The molecule has 0 unspecified atom stereocenters. The number of aromatic nitrogens is 1. The zero-order valence-electron chi connectivity index (χ0n) is 19.3. The van der Waals surface area contributed by atoms with Crippen LogP contribution in [0.15, 0.2) is 27.6 Å². The number of halogens is 3. The SMILES string of the molecule is CO[C@H]1C[C@@H](S(=O)(=O)c2ccc(-c3c(C)noc3C)cc2C(F)(F)F)C[C@@H]1C(=O)NC1(C#N)CC1. The highest BCUT2D eigenvalue weighted by atomic mass is 32.2. The standard InChI is InChI=1S/C23H24F3N3O5S/c1-12-20(13(2)34-29-12)14-4-5-19(17(8-14)23(24,25)26)35(31,32)15-9-16(18(10-15)33-3)21(30)28-22(11-27)6-7-22/h4-5,8,15-16,18H,6-7,9-10H2,1-3H3,(H,28,30)/t15-,16-,18-/m0/s1. The summed E-state index contributed by atoms with van der Waals surface area (Å²) in [5.41, 5.74) is -1.37. The maximum atomic E-state index is 14.0. The Labute approximate surface area is 200 Å². The van der Waals surface area contributed by atoms with Crippen LogP contribution >= 0.6 is 0 Å². The van der Waals surface area contributed by atoms with Gasteiger partial charge in [0.2, 0.25) is 5.91 Å². The number of ether oxygens (including phenoxy) is 1. The highest BCUT2D eigenvalue weighted by molar-refractivity contribution is 7.92. The summed E-state index contributed by atoms with van der Waals surface area (Å²) in [6, 6.07) is 5.06. The van der Waals surface area contributed by atoms with E-state index in [-0.39, 0.29) is 18.4 Å². The van der Waals surface area contributed by atoms with Crippen LogP contribution in [-0.4, -0.2) is 43.5 Å². The Hall–Kier alpha value is -2.91. The minimum atomic E-state index is -4.95. The molecule has 2 saturated carbocycles. The minimum Gasteiger partial charge on any atom is -0.381 e. The molecule has 0 spiro atoms. The second kappa shape index (κ2) is 8.64. The highest BCUT2D eigenvalue weighted by Crippen LogP contribution is 2.43. The van der Waals surface area contributed by atoms with Crippen molar-refractivity contribution in [2.45, 2.75) is 67.5 Å². The molecule has 1 heterocycles. The van der Waals surface area contributed by atoms with E-state index in [1.54, 1.807) is 13.8 Å². The Morgan fingerprint density at radius 2 is 1.97 bits per heavy atom. The third-order valence-corrected chi connectivity index (χ3v) is 9.01. The van der Waals surface area contributed by atoms with Crippen molar-refractivity contribution in [2.24, 2.45) is 5.92 Å². The van der Waals surface area contributed by atoms with Crippen LogP contribution in [0.4, 0.5) is 13.2 Å². The molecule has 8 nitrogen and oxygen atoms in total. The number of nitrogens with one attached hydrogen (secondary N) is 1. The van der Waals surface area contributed by atoms with E-state index in [0.717, 1.165) is 12.1 Å². The summed E-state index contributed by atoms with van der Waals surface area (Å²) in [5, 5.41) is 14.4.